The molecule has 0 spiro atoms. The molecule has 1 aliphatic rings. The molecule has 1 atom stereocenters. The number of anilines is 1. The maximum absolute atomic E-state index is 13.0. The number of benzene rings is 2. The van der Waals surface area contributed by atoms with Crippen LogP contribution in [0.2, 0.25) is 0 Å². The molecule has 1 fully saturated rings. The molecule has 31 heavy (non-hydrogen) atoms. The largest absolute Gasteiger partial charge is 0.376 e. The molecule has 1 heterocycles. The fourth-order valence-corrected chi connectivity index (χ4v) is 3.34. The van der Waals surface area contributed by atoms with E-state index in [1.165, 1.54) is 6.92 Å². The van der Waals surface area contributed by atoms with Gasteiger partial charge < -0.3 is 20.7 Å². The van der Waals surface area contributed by atoms with Gasteiger partial charge in [-0.3, -0.25) is 14.4 Å². The van der Waals surface area contributed by atoms with Gasteiger partial charge in [-0.05, 0) is 49.1 Å². The van der Waals surface area contributed by atoms with Crippen molar-refractivity contribution in [1.29, 1.82) is 0 Å². The molecule has 7 nitrogen and oxygen atoms in total. The first-order valence-electron chi connectivity index (χ1n) is 10.3. The Morgan fingerprint density at radius 3 is 2.55 bits per heavy atom. The minimum Gasteiger partial charge on any atom is -0.376 e. The van der Waals surface area contributed by atoms with Crippen LogP contribution in [0.4, 0.5) is 5.69 Å². The van der Waals surface area contributed by atoms with E-state index in [1.807, 2.05) is 31.2 Å². The van der Waals surface area contributed by atoms with Crippen LogP contribution in [0.1, 0.15) is 41.3 Å². The second kappa shape index (κ2) is 10.5. The topological polar surface area (TPSA) is 96.5 Å². The van der Waals surface area contributed by atoms with Crippen LogP contribution in [0, 0.1) is 6.92 Å². The van der Waals surface area contributed by atoms with Crippen LogP contribution in [-0.4, -0.2) is 37.0 Å². The van der Waals surface area contributed by atoms with Crippen LogP contribution in [0.15, 0.2) is 54.2 Å². The fourth-order valence-electron chi connectivity index (χ4n) is 3.34. The minimum atomic E-state index is -0.516. The van der Waals surface area contributed by atoms with E-state index in [1.54, 1.807) is 30.3 Å². The van der Waals surface area contributed by atoms with Crippen LogP contribution in [0.3, 0.4) is 0 Å². The van der Waals surface area contributed by atoms with Crippen molar-refractivity contribution in [3.05, 3.63) is 70.9 Å². The third kappa shape index (κ3) is 6.26. The Labute approximate surface area is 181 Å². The molecule has 0 bridgehead atoms. The summed E-state index contributed by atoms with van der Waals surface area (Å²) in [5.74, 6) is -1.18. The van der Waals surface area contributed by atoms with Crippen molar-refractivity contribution in [2.24, 2.45) is 0 Å². The molecule has 1 aliphatic heterocycles. The number of nitrogens with one attached hydrogen (secondary N) is 3. The highest BCUT2D eigenvalue weighted by atomic mass is 16.5. The van der Waals surface area contributed by atoms with Crippen LogP contribution in [0.5, 0.6) is 0 Å². The molecule has 2 aromatic rings. The van der Waals surface area contributed by atoms with E-state index in [0.29, 0.717) is 24.4 Å². The van der Waals surface area contributed by atoms with Gasteiger partial charge in [0.2, 0.25) is 5.91 Å². The number of hydrogen-bond acceptors (Lipinski definition) is 4. The molecule has 3 rings (SSSR count). The Morgan fingerprint density at radius 2 is 1.84 bits per heavy atom. The molecule has 0 radical (unpaired) electrons. The van der Waals surface area contributed by atoms with Gasteiger partial charge in [0.25, 0.3) is 11.8 Å². The van der Waals surface area contributed by atoms with Gasteiger partial charge in [0.05, 0.1) is 17.4 Å². The molecule has 3 amide bonds. The van der Waals surface area contributed by atoms with Crippen molar-refractivity contribution in [2.45, 2.75) is 32.8 Å². The smallest absolute Gasteiger partial charge is 0.272 e. The van der Waals surface area contributed by atoms with E-state index in [2.05, 4.69) is 16.0 Å². The average Bonchev–Trinajstić information content (AvgIpc) is 3.27. The Morgan fingerprint density at radius 1 is 1.10 bits per heavy atom. The van der Waals surface area contributed by atoms with Crippen molar-refractivity contribution in [2.75, 3.05) is 18.5 Å². The van der Waals surface area contributed by atoms with Gasteiger partial charge in [-0.15, -0.1) is 0 Å². The quantitative estimate of drug-likeness (QED) is 0.599. The van der Waals surface area contributed by atoms with Crippen molar-refractivity contribution in [3.63, 3.8) is 0 Å². The van der Waals surface area contributed by atoms with Gasteiger partial charge in [-0.2, -0.15) is 0 Å². The minimum absolute atomic E-state index is 0.0223. The number of carbonyl (C=O) groups is 3. The molecule has 3 N–H and O–H groups in total. The van der Waals surface area contributed by atoms with Gasteiger partial charge in [0, 0.05) is 20.1 Å². The van der Waals surface area contributed by atoms with Gasteiger partial charge in [0.1, 0.15) is 5.70 Å². The Kier molecular flexibility index (Phi) is 7.56. The summed E-state index contributed by atoms with van der Waals surface area (Å²) >= 11 is 0. The number of rotatable bonds is 7. The first kappa shape index (κ1) is 22.2. The molecule has 0 saturated carbocycles. The number of aryl methyl sites for hydroxylation is 1. The third-order valence-corrected chi connectivity index (χ3v) is 4.98. The van der Waals surface area contributed by atoms with E-state index < -0.39 is 5.91 Å². The second-order valence-corrected chi connectivity index (χ2v) is 7.44. The standard InChI is InChI=1S/C24H27N3O4/c1-16-8-3-4-9-18(16)14-22(26-17(2)28)24(30)27-21-12-6-5-11-20(21)23(29)25-15-19-10-7-13-31-19/h3-6,8-9,11-12,14,19H,7,10,13,15H2,1-2H3,(H,25,29)(H,26,28)(H,27,30)/b22-14-. The van der Waals surface area contributed by atoms with Crippen molar-refractivity contribution in [3.8, 4) is 0 Å². The molecule has 7 heteroatoms. The van der Waals surface area contributed by atoms with Crippen LogP contribution >= 0.6 is 0 Å². The lowest BCUT2D eigenvalue weighted by Gasteiger charge is -2.15. The normalized spacial score (nSPS) is 15.9. The van der Waals surface area contributed by atoms with Crippen molar-refractivity contribution < 1.29 is 19.1 Å². The van der Waals surface area contributed by atoms with E-state index in [0.717, 1.165) is 24.0 Å². The van der Waals surface area contributed by atoms with Crippen molar-refractivity contribution in [1.82, 2.24) is 10.6 Å². The highest BCUT2D eigenvalue weighted by Crippen LogP contribution is 2.18. The lowest BCUT2D eigenvalue weighted by Crippen LogP contribution is -2.33. The fraction of sp³-hybridized carbons (Fsp3) is 0.292. The zero-order chi connectivity index (χ0) is 22.2. The molecule has 2 aromatic carbocycles. The van der Waals surface area contributed by atoms with E-state index in [-0.39, 0.29) is 23.6 Å². The monoisotopic (exact) mass is 421 g/mol. The highest BCUT2D eigenvalue weighted by molar-refractivity contribution is 6.11. The zero-order valence-corrected chi connectivity index (χ0v) is 17.7. The van der Waals surface area contributed by atoms with Crippen LogP contribution < -0.4 is 16.0 Å². The molecular weight excluding hydrogens is 394 g/mol. The molecule has 1 saturated heterocycles. The third-order valence-electron chi connectivity index (χ3n) is 4.98. The maximum Gasteiger partial charge on any atom is 0.272 e. The summed E-state index contributed by atoms with van der Waals surface area (Å²) in [6, 6.07) is 14.3. The van der Waals surface area contributed by atoms with Crippen LogP contribution in [-0.2, 0) is 14.3 Å². The molecular formula is C24H27N3O4. The Balaban J connectivity index is 1.78. The van der Waals surface area contributed by atoms with Crippen LogP contribution in [0.25, 0.3) is 6.08 Å². The summed E-state index contributed by atoms with van der Waals surface area (Å²) in [5, 5.41) is 8.19. The van der Waals surface area contributed by atoms with Gasteiger partial charge >= 0.3 is 0 Å². The Hall–Kier alpha value is -3.45. The predicted octanol–water partition coefficient (Wildman–Crippen LogP) is 3.02. The number of para-hydroxylation sites is 1. The highest BCUT2D eigenvalue weighted by Gasteiger charge is 2.19. The van der Waals surface area contributed by atoms with Crippen molar-refractivity contribution >= 4 is 29.5 Å². The predicted molar refractivity (Wildman–Crippen MR) is 119 cm³/mol. The van der Waals surface area contributed by atoms with E-state index in [4.69, 9.17) is 4.74 Å². The summed E-state index contributed by atoms with van der Waals surface area (Å²) in [7, 11) is 0. The van der Waals surface area contributed by atoms with E-state index in [9.17, 15) is 14.4 Å². The summed E-state index contributed by atoms with van der Waals surface area (Å²) in [4.78, 5) is 37.3. The molecule has 0 aliphatic carbocycles. The summed E-state index contributed by atoms with van der Waals surface area (Å²) in [5.41, 5.74) is 2.57. The molecule has 1 unspecified atom stereocenters. The number of ether oxygens (including phenoxy) is 1. The summed E-state index contributed by atoms with van der Waals surface area (Å²) in [6.07, 6.45) is 3.55. The van der Waals surface area contributed by atoms with Gasteiger partial charge in [0.15, 0.2) is 0 Å². The summed E-state index contributed by atoms with van der Waals surface area (Å²) in [6.45, 7) is 4.39. The zero-order valence-electron chi connectivity index (χ0n) is 17.7. The summed E-state index contributed by atoms with van der Waals surface area (Å²) < 4.78 is 5.54. The first-order chi connectivity index (χ1) is 14.9. The first-order valence-corrected chi connectivity index (χ1v) is 10.3. The number of amides is 3. The lowest BCUT2D eigenvalue weighted by molar-refractivity contribution is -0.120. The SMILES string of the molecule is CC(=O)N/C(=C\c1ccccc1C)C(=O)Nc1ccccc1C(=O)NCC1CCCO1. The number of carbonyl (C=O) groups excluding carboxylic acids is 3. The molecule has 0 aromatic heterocycles. The van der Waals surface area contributed by atoms with E-state index >= 15 is 0 Å². The second-order valence-electron chi connectivity index (χ2n) is 7.44. The van der Waals surface area contributed by atoms with Gasteiger partial charge in [-0.1, -0.05) is 36.4 Å². The lowest BCUT2D eigenvalue weighted by atomic mass is 10.1. The number of hydrogen-bond donors (Lipinski definition) is 3. The molecule has 162 valence electrons. The average molecular weight is 421 g/mol. The van der Waals surface area contributed by atoms with Gasteiger partial charge in [-0.25, -0.2) is 0 Å². The Bertz CT molecular complexity index is 994. The maximum atomic E-state index is 13.0.